The molecule has 3 N–H and O–H groups in total. The summed E-state index contributed by atoms with van der Waals surface area (Å²) in [5.74, 6) is -0.145. The van der Waals surface area contributed by atoms with Crippen molar-refractivity contribution in [1.29, 1.82) is 0 Å². The SMILES string of the molecule is O=C(NCC1(N2CCCCC2)CCCCC1)Nc1cccc(C(=O)NCc2cccs2)c1. The first-order valence-corrected chi connectivity index (χ1v) is 12.7. The summed E-state index contributed by atoms with van der Waals surface area (Å²) in [6, 6.07) is 10.9. The van der Waals surface area contributed by atoms with E-state index in [0.717, 1.165) is 30.8 Å². The Morgan fingerprint density at radius 3 is 2.47 bits per heavy atom. The van der Waals surface area contributed by atoms with Crippen molar-refractivity contribution >= 4 is 29.0 Å². The van der Waals surface area contributed by atoms with Gasteiger partial charge in [0, 0.05) is 28.2 Å². The fraction of sp³-hybridized carbons (Fsp3) is 0.520. The molecule has 0 radical (unpaired) electrons. The number of nitrogens with zero attached hydrogens (tertiary/aromatic N) is 1. The summed E-state index contributed by atoms with van der Waals surface area (Å²) in [6.07, 6.45) is 9.93. The van der Waals surface area contributed by atoms with Crippen molar-refractivity contribution in [2.24, 2.45) is 0 Å². The number of thiophene rings is 1. The van der Waals surface area contributed by atoms with Gasteiger partial charge in [0.2, 0.25) is 0 Å². The number of likely N-dealkylation sites (tertiary alicyclic amines) is 1. The van der Waals surface area contributed by atoms with Crippen LogP contribution in [0.1, 0.15) is 66.6 Å². The Hall–Kier alpha value is -2.38. The van der Waals surface area contributed by atoms with Crippen LogP contribution in [0.15, 0.2) is 41.8 Å². The molecule has 1 aliphatic heterocycles. The van der Waals surface area contributed by atoms with Gasteiger partial charge >= 0.3 is 6.03 Å². The molecule has 1 saturated heterocycles. The van der Waals surface area contributed by atoms with E-state index in [2.05, 4.69) is 20.9 Å². The van der Waals surface area contributed by atoms with Crippen LogP contribution in [-0.4, -0.2) is 42.0 Å². The highest BCUT2D eigenvalue weighted by Gasteiger charge is 2.38. The molecule has 172 valence electrons. The van der Waals surface area contributed by atoms with Gasteiger partial charge in [-0.15, -0.1) is 11.3 Å². The molecule has 0 bridgehead atoms. The number of benzene rings is 1. The number of rotatable bonds is 7. The third-order valence-corrected chi connectivity index (χ3v) is 7.65. The number of hydrogen-bond donors (Lipinski definition) is 3. The maximum Gasteiger partial charge on any atom is 0.319 e. The van der Waals surface area contributed by atoms with Gasteiger partial charge in [0.25, 0.3) is 5.91 Å². The van der Waals surface area contributed by atoms with Crippen LogP contribution < -0.4 is 16.0 Å². The minimum Gasteiger partial charge on any atom is -0.347 e. The molecular weight excluding hydrogens is 420 g/mol. The highest BCUT2D eigenvalue weighted by Crippen LogP contribution is 2.35. The second kappa shape index (κ2) is 11.0. The van der Waals surface area contributed by atoms with Crippen LogP contribution in [0.2, 0.25) is 0 Å². The third kappa shape index (κ3) is 5.90. The fourth-order valence-corrected chi connectivity index (χ4v) is 5.67. The zero-order chi connectivity index (χ0) is 22.2. The molecule has 2 fully saturated rings. The highest BCUT2D eigenvalue weighted by atomic mass is 32.1. The van der Waals surface area contributed by atoms with E-state index in [4.69, 9.17) is 0 Å². The van der Waals surface area contributed by atoms with Gasteiger partial charge < -0.3 is 16.0 Å². The van der Waals surface area contributed by atoms with E-state index in [1.54, 1.807) is 29.5 Å². The first kappa shape index (κ1) is 22.8. The molecule has 0 atom stereocenters. The van der Waals surface area contributed by atoms with E-state index >= 15 is 0 Å². The van der Waals surface area contributed by atoms with Gasteiger partial charge in [-0.3, -0.25) is 9.69 Å². The monoisotopic (exact) mass is 454 g/mol. The summed E-state index contributed by atoms with van der Waals surface area (Å²) < 4.78 is 0. The Morgan fingerprint density at radius 1 is 0.938 bits per heavy atom. The molecule has 2 aromatic rings. The lowest BCUT2D eigenvalue weighted by Crippen LogP contribution is -2.58. The second-order valence-electron chi connectivity index (χ2n) is 8.98. The van der Waals surface area contributed by atoms with Gasteiger partial charge in [-0.2, -0.15) is 0 Å². The topological polar surface area (TPSA) is 73.5 Å². The highest BCUT2D eigenvalue weighted by molar-refractivity contribution is 7.09. The van der Waals surface area contributed by atoms with Crippen molar-refractivity contribution in [2.75, 3.05) is 25.0 Å². The normalized spacial score (nSPS) is 18.6. The molecule has 3 amide bonds. The van der Waals surface area contributed by atoms with Crippen LogP contribution in [0.4, 0.5) is 10.5 Å². The van der Waals surface area contributed by atoms with Crippen LogP contribution in [-0.2, 0) is 6.54 Å². The van der Waals surface area contributed by atoms with E-state index in [1.165, 1.54) is 38.5 Å². The third-order valence-electron chi connectivity index (χ3n) is 6.78. The largest absolute Gasteiger partial charge is 0.347 e. The van der Waals surface area contributed by atoms with Gasteiger partial charge in [0.1, 0.15) is 0 Å². The molecule has 1 aromatic carbocycles. The van der Waals surface area contributed by atoms with Crippen molar-refractivity contribution in [3.05, 3.63) is 52.2 Å². The number of carbonyl (C=O) groups excluding carboxylic acids is 2. The number of amides is 3. The Bertz CT molecular complexity index is 887. The van der Waals surface area contributed by atoms with Gasteiger partial charge in [-0.25, -0.2) is 4.79 Å². The Labute approximate surface area is 194 Å². The first-order valence-electron chi connectivity index (χ1n) is 11.9. The van der Waals surface area contributed by atoms with Gasteiger partial charge in [0.15, 0.2) is 0 Å². The molecular formula is C25H34N4O2S. The molecule has 2 aliphatic rings. The van der Waals surface area contributed by atoms with E-state index in [9.17, 15) is 9.59 Å². The second-order valence-corrected chi connectivity index (χ2v) is 10.0. The van der Waals surface area contributed by atoms with Crippen LogP contribution in [0, 0.1) is 0 Å². The summed E-state index contributed by atoms with van der Waals surface area (Å²) in [6.45, 7) is 3.48. The number of urea groups is 1. The molecule has 1 aromatic heterocycles. The number of carbonyl (C=O) groups is 2. The Balaban J connectivity index is 1.32. The van der Waals surface area contributed by atoms with Crippen molar-refractivity contribution in [3.63, 3.8) is 0 Å². The van der Waals surface area contributed by atoms with E-state index in [1.807, 2.05) is 23.6 Å². The zero-order valence-corrected chi connectivity index (χ0v) is 19.5. The lowest BCUT2D eigenvalue weighted by Gasteiger charge is -2.48. The summed E-state index contributed by atoms with van der Waals surface area (Å²) in [4.78, 5) is 28.9. The zero-order valence-electron chi connectivity index (χ0n) is 18.7. The van der Waals surface area contributed by atoms with E-state index < -0.39 is 0 Å². The van der Waals surface area contributed by atoms with Crippen LogP contribution in [0.3, 0.4) is 0 Å². The fourth-order valence-electron chi connectivity index (χ4n) is 5.02. The van der Waals surface area contributed by atoms with E-state index in [0.29, 0.717) is 24.3 Å². The molecule has 1 aliphatic carbocycles. The van der Waals surface area contributed by atoms with Gasteiger partial charge in [-0.05, 0) is 68.4 Å². The Morgan fingerprint density at radius 2 is 1.72 bits per heavy atom. The number of hydrogen-bond acceptors (Lipinski definition) is 4. The lowest BCUT2D eigenvalue weighted by atomic mass is 9.79. The van der Waals surface area contributed by atoms with Crippen molar-refractivity contribution in [3.8, 4) is 0 Å². The Kier molecular flexibility index (Phi) is 7.81. The molecule has 4 rings (SSSR count). The minimum absolute atomic E-state index is 0.0968. The quantitative estimate of drug-likeness (QED) is 0.552. The molecule has 1 saturated carbocycles. The molecule has 2 heterocycles. The van der Waals surface area contributed by atoms with Crippen molar-refractivity contribution in [2.45, 2.75) is 63.5 Å². The standard InChI is InChI=1S/C25H34N4O2S/c30-23(26-18-22-11-8-16-32-22)20-9-7-10-21(17-20)28-24(31)27-19-25(12-3-1-4-13-25)29-14-5-2-6-15-29/h7-11,16-17H,1-6,12-15,18-19H2,(H,26,30)(H2,27,28,31). The minimum atomic E-state index is -0.205. The molecule has 32 heavy (non-hydrogen) atoms. The predicted octanol–water partition coefficient (Wildman–Crippen LogP) is 4.99. The molecule has 6 nitrogen and oxygen atoms in total. The van der Waals surface area contributed by atoms with Crippen LogP contribution in [0.25, 0.3) is 0 Å². The molecule has 0 spiro atoms. The average molecular weight is 455 g/mol. The maximum absolute atomic E-state index is 12.7. The van der Waals surface area contributed by atoms with Crippen molar-refractivity contribution in [1.82, 2.24) is 15.5 Å². The number of piperidine rings is 1. The van der Waals surface area contributed by atoms with Crippen LogP contribution >= 0.6 is 11.3 Å². The maximum atomic E-state index is 12.7. The first-order chi connectivity index (χ1) is 15.6. The van der Waals surface area contributed by atoms with Crippen LogP contribution in [0.5, 0.6) is 0 Å². The van der Waals surface area contributed by atoms with Crippen molar-refractivity contribution < 1.29 is 9.59 Å². The summed E-state index contributed by atoms with van der Waals surface area (Å²) in [5, 5.41) is 11.0. The van der Waals surface area contributed by atoms with Gasteiger partial charge in [-0.1, -0.05) is 37.8 Å². The molecule has 0 unspecified atom stereocenters. The molecule has 7 heteroatoms. The summed E-state index contributed by atoms with van der Waals surface area (Å²) >= 11 is 1.62. The van der Waals surface area contributed by atoms with Gasteiger partial charge in [0.05, 0.1) is 6.54 Å². The number of anilines is 1. The van der Waals surface area contributed by atoms with E-state index in [-0.39, 0.29) is 17.5 Å². The summed E-state index contributed by atoms with van der Waals surface area (Å²) in [7, 11) is 0. The average Bonchev–Trinajstić information content (AvgIpc) is 3.36. The number of nitrogens with one attached hydrogen (secondary N) is 3. The summed E-state index contributed by atoms with van der Waals surface area (Å²) in [5.41, 5.74) is 1.26. The predicted molar refractivity (Wildman–Crippen MR) is 130 cm³/mol. The smallest absolute Gasteiger partial charge is 0.319 e. The lowest BCUT2D eigenvalue weighted by molar-refractivity contribution is 0.0358.